The first-order valence-electron chi connectivity index (χ1n) is 3.68. The van der Waals surface area contributed by atoms with E-state index in [1.54, 1.807) is 0 Å². The summed E-state index contributed by atoms with van der Waals surface area (Å²) in [5.41, 5.74) is -1.32. The average Bonchev–Trinajstić information content (AvgIpc) is 1.94. The summed E-state index contributed by atoms with van der Waals surface area (Å²) < 4.78 is 0. The molecule has 0 amide bonds. The summed E-state index contributed by atoms with van der Waals surface area (Å²) in [6.45, 7) is 0. The largest absolute Gasteiger partial charge is 0.481 e. The molecule has 0 aromatic carbocycles. The van der Waals surface area contributed by atoms with Gasteiger partial charge in [-0.25, -0.2) is 0 Å². The predicted molar refractivity (Wildman–Crippen MR) is 40.6 cm³/mol. The quantitative estimate of drug-likeness (QED) is 0.616. The van der Waals surface area contributed by atoms with E-state index >= 15 is 0 Å². The smallest absolute Gasteiger partial charge is 0.306 e. The number of carbonyl (C=O) groups excluding carboxylic acids is 1. The van der Waals surface area contributed by atoms with Crippen LogP contribution in [0.25, 0.3) is 0 Å². The number of hydrogen-bond donors (Lipinski definition) is 2. The molecule has 0 aromatic rings. The third-order valence-corrected chi connectivity index (χ3v) is 1.84. The summed E-state index contributed by atoms with van der Waals surface area (Å²) in [6, 6.07) is 0. The minimum absolute atomic E-state index is 0.0648. The first-order chi connectivity index (χ1) is 5.52. The van der Waals surface area contributed by atoms with Crippen molar-refractivity contribution in [3.05, 3.63) is 12.2 Å². The van der Waals surface area contributed by atoms with Crippen molar-refractivity contribution in [3.8, 4) is 0 Å². The average molecular weight is 170 g/mol. The van der Waals surface area contributed by atoms with Gasteiger partial charge in [0.15, 0.2) is 5.78 Å². The van der Waals surface area contributed by atoms with Gasteiger partial charge in [0.1, 0.15) is 0 Å². The Kier molecular flexibility index (Phi) is 2.28. The zero-order valence-corrected chi connectivity index (χ0v) is 6.49. The van der Waals surface area contributed by atoms with Gasteiger partial charge in [-0.05, 0) is 18.6 Å². The zero-order valence-electron chi connectivity index (χ0n) is 6.49. The summed E-state index contributed by atoms with van der Waals surface area (Å²) in [4.78, 5) is 21.0. The second kappa shape index (κ2) is 3.06. The normalized spacial score (nSPS) is 28.9. The first kappa shape index (κ1) is 8.93. The maximum absolute atomic E-state index is 10.7. The highest BCUT2D eigenvalue weighted by Gasteiger charge is 2.30. The third kappa shape index (κ3) is 2.17. The van der Waals surface area contributed by atoms with E-state index in [4.69, 9.17) is 5.11 Å². The van der Waals surface area contributed by atoms with Crippen LogP contribution in [0, 0.1) is 0 Å². The van der Waals surface area contributed by atoms with E-state index in [1.807, 2.05) is 0 Å². The number of carbonyl (C=O) groups is 2. The third-order valence-electron chi connectivity index (χ3n) is 1.84. The summed E-state index contributed by atoms with van der Waals surface area (Å²) in [7, 11) is 0. The summed E-state index contributed by atoms with van der Waals surface area (Å²) in [5, 5.41) is 18.0. The van der Waals surface area contributed by atoms with Gasteiger partial charge >= 0.3 is 5.97 Å². The molecular weight excluding hydrogens is 160 g/mol. The second-order valence-corrected chi connectivity index (χ2v) is 2.97. The van der Waals surface area contributed by atoms with Crippen molar-refractivity contribution in [2.45, 2.75) is 24.9 Å². The number of hydrogen-bond acceptors (Lipinski definition) is 3. The number of ketones is 1. The van der Waals surface area contributed by atoms with Gasteiger partial charge in [-0.2, -0.15) is 0 Å². The van der Waals surface area contributed by atoms with Gasteiger partial charge in [0.2, 0.25) is 0 Å². The molecule has 1 aliphatic rings. The lowest BCUT2D eigenvalue weighted by atomic mass is 9.88. The van der Waals surface area contributed by atoms with Gasteiger partial charge in [-0.15, -0.1) is 0 Å². The fraction of sp³-hybridized carbons (Fsp3) is 0.500. The van der Waals surface area contributed by atoms with E-state index in [1.165, 1.54) is 12.2 Å². The molecule has 0 spiro atoms. The molecule has 66 valence electrons. The van der Waals surface area contributed by atoms with Crippen LogP contribution < -0.4 is 0 Å². The molecule has 0 fully saturated rings. The molecular formula is C8H10O4. The fourth-order valence-corrected chi connectivity index (χ4v) is 1.16. The first-order valence-corrected chi connectivity index (χ1v) is 3.68. The second-order valence-electron chi connectivity index (χ2n) is 2.97. The zero-order chi connectivity index (χ0) is 9.19. The molecule has 0 heterocycles. The van der Waals surface area contributed by atoms with Crippen LogP contribution in [0.15, 0.2) is 12.2 Å². The van der Waals surface area contributed by atoms with Gasteiger partial charge in [0, 0.05) is 6.42 Å². The summed E-state index contributed by atoms with van der Waals surface area (Å²) in [6.07, 6.45) is 2.60. The minimum atomic E-state index is -1.32. The highest BCUT2D eigenvalue weighted by atomic mass is 16.4. The van der Waals surface area contributed by atoms with Crippen LogP contribution in [-0.2, 0) is 9.59 Å². The number of carboxylic acids is 1. The molecule has 0 aliphatic heterocycles. The van der Waals surface area contributed by atoms with Crippen LogP contribution in [0.2, 0.25) is 0 Å². The van der Waals surface area contributed by atoms with Crippen LogP contribution >= 0.6 is 0 Å². The molecule has 0 bridgehead atoms. The molecule has 2 N–H and O–H groups in total. The Balaban J connectivity index is 2.67. The van der Waals surface area contributed by atoms with E-state index in [0.29, 0.717) is 0 Å². The highest BCUT2D eigenvalue weighted by molar-refractivity contribution is 5.91. The lowest BCUT2D eigenvalue weighted by Crippen LogP contribution is -2.32. The number of carboxylic acid groups (broad SMARTS) is 1. The molecule has 4 nitrogen and oxygen atoms in total. The van der Waals surface area contributed by atoms with E-state index < -0.39 is 11.6 Å². The van der Waals surface area contributed by atoms with Gasteiger partial charge in [-0.1, -0.05) is 0 Å². The maximum Gasteiger partial charge on any atom is 0.306 e. The molecule has 1 aliphatic carbocycles. The lowest BCUT2D eigenvalue weighted by Gasteiger charge is -2.24. The molecule has 4 heteroatoms. The van der Waals surface area contributed by atoms with Crippen LogP contribution in [0.1, 0.15) is 19.3 Å². The van der Waals surface area contributed by atoms with Crippen molar-refractivity contribution >= 4 is 11.8 Å². The lowest BCUT2D eigenvalue weighted by molar-refractivity contribution is -0.141. The Labute approximate surface area is 69.5 Å². The highest BCUT2D eigenvalue weighted by Crippen LogP contribution is 2.23. The molecule has 1 unspecified atom stereocenters. The van der Waals surface area contributed by atoms with Gasteiger partial charge in [-0.3, -0.25) is 9.59 Å². The van der Waals surface area contributed by atoms with Gasteiger partial charge in [0.25, 0.3) is 0 Å². The molecule has 0 radical (unpaired) electrons. The Bertz CT molecular complexity index is 243. The molecule has 1 rings (SSSR count). The van der Waals surface area contributed by atoms with Gasteiger partial charge < -0.3 is 10.2 Å². The monoisotopic (exact) mass is 170 g/mol. The van der Waals surface area contributed by atoms with Gasteiger partial charge in [0.05, 0.1) is 12.0 Å². The van der Waals surface area contributed by atoms with E-state index in [9.17, 15) is 14.7 Å². The molecule has 1 atom stereocenters. The number of aliphatic carboxylic acids is 1. The standard InChI is InChI=1S/C8H10O4/c9-6-1-3-8(12,4-2-6)5-7(10)11/h1,3,12H,2,4-5H2,(H,10,11). The van der Waals surface area contributed by atoms with E-state index in [2.05, 4.69) is 0 Å². The fourth-order valence-electron chi connectivity index (χ4n) is 1.16. The number of aliphatic hydroxyl groups is 1. The maximum atomic E-state index is 10.7. The van der Waals surface area contributed by atoms with Crippen LogP contribution in [0.4, 0.5) is 0 Å². The van der Waals surface area contributed by atoms with E-state index in [0.717, 1.165) is 0 Å². The summed E-state index contributed by atoms with van der Waals surface area (Å²) >= 11 is 0. The Morgan fingerprint density at radius 3 is 2.75 bits per heavy atom. The Morgan fingerprint density at radius 1 is 1.67 bits per heavy atom. The SMILES string of the molecule is O=C(O)CC1(O)C=CC(=O)CC1. The van der Waals surface area contributed by atoms with E-state index in [-0.39, 0.29) is 25.0 Å². The Hall–Kier alpha value is -1.16. The predicted octanol–water partition coefficient (Wildman–Crippen LogP) is 0.111. The van der Waals surface area contributed by atoms with Crippen molar-refractivity contribution < 1.29 is 19.8 Å². The molecule has 0 saturated heterocycles. The van der Waals surface area contributed by atoms with Crippen molar-refractivity contribution in [2.75, 3.05) is 0 Å². The van der Waals surface area contributed by atoms with Crippen LogP contribution in [-0.4, -0.2) is 27.6 Å². The molecule has 0 aromatic heterocycles. The topological polar surface area (TPSA) is 74.6 Å². The van der Waals surface area contributed by atoms with Crippen molar-refractivity contribution in [2.24, 2.45) is 0 Å². The van der Waals surface area contributed by atoms with Crippen molar-refractivity contribution in [3.63, 3.8) is 0 Å². The van der Waals surface area contributed by atoms with Crippen LogP contribution in [0.5, 0.6) is 0 Å². The minimum Gasteiger partial charge on any atom is -0.481 e. The van der Waals surface area contributed by atoms with Crippen LogP contribution in [0.3, 0.4) is 0 Å². The number of allylic oxidation sites excluding steroid dienone is 1. The summed E-state index contributed by atoms with van der Waals surface area (Å²) in [5.74, 6) is -1.12. The molecule has 12 heavy (non-hydrogen) atoms. The number of rotatable bonds is 2. The van der Waals surface area contributed by atoms with Crippen molar-refractivity contribution in [1.29, 1.82) is 0 Å². The van der Waals surface area contributed by atoms with Crippen molar-refractivity contribution in [1.82, 2.24) is 0 Å². The Morgan fingerprint density at radius 2 is 2.33 bits per heavy atom. The molecule has 0 saturated carbocycles.